The van der Waals surface area contributed by atoms with Gasteiger partial charge in [-0.3, -0.25) is 4.39 Å². The lowest BCUT2D eigenvalue weighted by Gasteiger charge is -2.35. The van der Waals surface area contributed by atoms with Gasteiger partial charge in [-0.05, 0) is 18.6 Å². The van der Waals surface area contributed by atoms with Crippen LogP contribution in [0.1, 0.15) is 6.42 Å². The average Bonchev–Trinajstić information content (AvgIpc) is 2.47. The summed E-state index contributed by atoms with van der Waals surface area (Å²) < 4.78 is 17.9. The molecule has 1 heterocycles. The molecule has 2 rings (SSSR count). The van der Waals surface area contributed by atoms with Crippen LogP contribution in [0.15, 0.2) is 30.3 Å². The van der Waals surface area contributed by atoms with E-state index in [0.717, 1.165) is 4.90 Å². The Hall–Kier alpha value is -2.31. The van der Waals surface area contributed by atoms with Crippen LogP contribution in [0.5, 0.6) is 5.75 Å². The summed E-state index contributed by atoms with van der Waals surface area (Å²) in [4.78, 5) is 23.9. The van der Waals surface area contributed by atoms with Gasteiger partial charge in [0.1, 0.15) is 5.75 Å². The Morgan fingerprint density at radius 3 is 2.67 bits per heavy atom. The fourth-order valence-electron chi connectivity index (χ4n) is 2.37. The molecule has 2 amide bonds. The van der Waals surface area contributed by atoms with Crippen molar-refractivity contribution in [2.24, 2.45) is 5.92 Å². The Kier molecular flexibility index (Phi) is 4.97. The van der Waals surface area contributed by atoms with Gasteiger partial charge in [-0.25, -0.2) is 9.59 Å². The van der Waals surface area contributed by atoms with Crippen molar-refractivity contribution >= 4 is 12.2 Å². The maximum absolute atomic E-state index is 12.8. The predicted molar refractivity (Wildman–Crippen MR) is 73.1 cm³/mol. The van der Waals surface area contributed by atoms with Crippen molar-refractivity contribution in [3.63, 3.8) is 0 Å². The molecule has 1 saturated heterocycles. The number of alkyl halides is 1. The van der Waals surface area contributed by atoms with Crippen molar-refractivity contribution in [1.29, 1.82) is 0 Å². The highest BCUT2D eigenvalue weighted by Gasteiger charge is 2.31. The topological polar surface area (TPSA) is 78.9 Å². The number of nitrogens with zero attached hydrogens (tertiary/aromatic N) is 1. The molecule has 0 saturated carbocycles. The zero-order chi connectivity index (χ0) is 15.2. The molecule has 0 aliphatic carbocycles. The van der Waals surface area contributed by atoms with Crippen molar-refractivity contribution in [2.45, 2.75) is 12.5 Å². The van der Waals surface area contributed by atoms with Crippen LogP contribution >= 0.6 is 0 Å². The van der Waals surface area contributed by atoms with Crippen molar-refractivity contribution in [3.05, 3.63) is 30.3 Å². The smallest absolute Gasteiger partial charge is 0.412 e. The highest BCUT2D eigenvalue weighted by atomic mass is 19.1. The molecule has 2 unspecified atom stereocenters. The Morgan fingerprint density at radius 1 is 1.33 bits per heavy atom. The van der Waals surface area contributed by atoms with Gasteiger partial charge in [0, 0.05) is 19.0 Å². The van der Waals surface area contributed by atoms with E-state index in [1.807, 2.05) is 0 Å². The number of hydrogen-bond donors (Lipinski definition) is 2. The Balaban J connectivity index is 1.91. The van der Waals surface area contributed by atoms with Crippen LogP contribution in [0.25, 0.3) is 0 Å². The average molecular weight is 296 g/mol. The number of nitrogens with one attached hydrogen (secondary N) is 1. The van der Waals surface area contributed by atoms with Crippen LogP contribution in [0.2, 0.25) is 0 Å². The molecule has 1 aromatic carbocycles. The molecule has 0 spiro atoms. The van der Waals surface area contributed by atoms with E-state index in [4.69, 9.17) is 9.84 Å². The molecule has 7 heteroatoms. The number of para-hydroxylation sites is 1. The van der Waals surface area contributed by atoms with Crippen LogP contribution in [0, 0.1) is 5.92 Å². The number of rotatable bonds is 3. The van der Waals surface area contributed by atoms with Gasteiger partial charge >= 0.3 is 12.2 Å². The summed E-state index contributed by atoms with van der Waals surface area (Å²) in [7, 11) is 0. The number of benzene rings is 1. The Labute approximate surface area is 121 Å². The quantitative estimate of drug-likeness (QED) is 0.895. The van der Waals surface area contributed by atoms with Crippen molar-refractivity contribution in [2.75, 3.05) is 19.8 Å². The summed E-state index contributed by atoms with van der Waals surface area (Å²) in [6.45, 7) is -0.330. The number of hydrogen-bond acceptors (Lipinski definition) is 3. The molecular formula is C14H17FN2O4. The summed E-state index contributed by atoms with van der Waals surface area (Å²) in [5.41, 5.74) is 0. The van der Waals surface area contributed by atoms with Gasteiger partial charge in [0.2, 0.25) is 0 Å². The maximum atomic E-state index is 12.8. The van der Waals surface area contributed by atoms with E-state index >= 15 is 0 Å². The fraction of sp³-hybridized carbons (Fsp3) is 0.429. The summed E-state index contributed by atoms with van der Waals surface area (Å²) in [6, 6.07) is 8.07. The normalized spacial score (nSPS) is 21.7. The van der Waals surface area contributed by atoms with Crippen LogP contribution in [-0.4, -0.2) is 48.0 Å². The first kappa shape index (κ1) is 15.1. The third kappa shape index (κ3) is 4.34. The maximum Gasteiger partial charge on any atom is 0.412 e. The number of carbonyl (C=O) groups excluding carboxylic acids is 1. The first-order valence-electron chi connectivity index (χ1n) is 6.65. The minimum Gasteiger partial charge on any atom is -0.465 e. The van der Waals surface area contributed by atoms with E-state index in [0.29, 0.717) is 12.2 Å². The van der Waals surface area contributed by atoms with Crippen LogP contribution in [0.4, 0.5) is 14.0 Å². The SMILES string of the molecule is O=C(NC1CC(CF)CN(C(=O)O)C1)Oc1ccccc1. The molecule has 0 aromatic heterocycles. The second-order valence-corrected chi connectivity index (χ2v) is 4.99. The molecule has 6 nitrogen and oxygen atoms in total. The number of carbonyl (C=O) groups is 2. The second-order valence-electron chi connectivity index (χ2n) is 4.99. The van der Waals surface area contributed by atoms with Crippen LogP contribution < -0.4 is 10.1 Å². The molecule has 1 aliphatic rings. The van der Waals surface area contributed by atoms with Gasteiger partial charge in [-0.15, -0.1) is 0 Å². The van der Waals surface area contributed by atoms with E-state index in [1.165, 1.54) is 0 Å². The Morgan fingerprint density at radius 2 is 2.05 bits per heavy atom. The Bertz CT molecular complexity index is 497. The van der Waals surface area contributed by atoms with Crippen LogP contribution in [0.3, 0.4) is 0 Å². The van der Waals surface area contributed by atoms with E-state index < -0.39 is 30.8 Å². The lowest BCUT2D eigenvalue weighted by atomic mass is 9.96. The number of piperidine rings is 1. The summed E-state index contributed by atoms with van der Waals surface area (Å²) in [6.07, 6.45) is -1.39. The van der Waals surface area contributed by atoms with Crippen molar-refractivity contribution < 1.29 is 23.8 Å². The summed E-state index contributed by atoms with van der Waals surface area (Å²) >= 11 is 0. The van der Waals surface area contributed by atoms with Gasteiger partial charge in [0.25, 0.3) is 0 Å². The largest absolute Gasteiger partial charge is 0.465 e. The molecule has 1 fully saturated rings. The van der Waals surface area contributed by atoms with E-state index in [-0.39, 0.29) is 13.1 Å². The molecule has 21 heavy (non-hydrogen) atoms. The predicted octanol–water partition coefficient (Wildman–Crippen LogP) is 2.11. The second kappa shape index (κ2) is 6.92. The minimum atomic E-state index is -1.11. The highest BCUT2D eigenvalue weighted by Crippen LogP contribution is 2.18. The van der Waals surface area contributed by atoms with E-state index in [9.17, 15) is 14.0 Å². The summed E-state index contributed by atoms with van der Waals surface area (Å²) in [5.74, 6) is -0.0141. The third-order valence-electron chi connectivity index (χ3n) is 3.30. The molecule has 114 valence electrons. The van der Waals surface area contributed by atoms with Crippen LogP contribution in [-0.2, 0) is 0 Å². The molecule has 2 N–H and O–H groups in total. The first-order valence-corrected chi connectivity index (χ1v) is 6.65. The van der Waals surface area contributed by atoms with Crippen molar-refractivity contribution in [1.82, 2.24) is 10.2 Å². The third-order valence-corrected chi connectivity index (χ3v) is 3.30. The fourth-order valence-corrected chi connectivity index (χ4v) is 2.37. The van der Waals surface area contributed by atoms with E-state index in [2.05, 4.69) is 5.32 Å². The molecule has 2 atom stereocenters. The zero-order valence-corrected chi connectivity index (χ0v) is 11.4. The summed E-state index contributed by atoms with van der Waals surface area (Å²) in [5, 5.41) is 11.6. The number of ether oxygens (including phenoxy) is 1. The van der Waals surface area contributed by atoms with Gasteiger partial charge < -0.3 is 20.1 Å². The zero-order valence-electron chi connectivity index (χ0n) is 11.4. The van der Waals surface area contributed by atoms with Gasteiger partial charge in [-0.1, -0.05) is 18.2 Å². The lowest BCUT2D eigenvalue weighted by Crippen LogP contribution is -2.53. The monoisotopic (exact) mass is 296 g/mol. The molecule has 1 aromatic rings. The van der Waals surface area contributed by atoms with Gasteiger partial charge in [0.05, 0.1) is 12.7 Å². The van der Waals surface area contributed by atoms with Crippen molar-refractivity contribution in [3.8, 4) is 5.75 Å². The minimum absolute atomic E-state index is 0.135. The highest BCUT2D eigenvalue weighted by molar-refractivity contribution is 5.71. The number of carboxylic acid groups (broad SMARTS) is 1. The van der Waals surface area contributed by atoms with E-state index in [1.54, 1.807) is 30.3 Å². The van der Waals surface area contributed by atoms with Gasteiger partial charge in [-0.2, -0.15) is 0 Å². The van der Waals surface area contributed by atoms with Gasteiger partial charge in [0.15, 0.2) is 0 Å². The lowest BCUT2D eigenvalue weighted by molar-refractivity contribution is 0.0980. The number of likely N-dealkylation sites (tertiary alicyclic amines) is 1. The first-order chi connectivity index (χ1) is 10.1. The standard InChI is InChI=1S/C14H17FN2O4/c15-7-10-6-11(9-17(8-10)14(19)20)16-13(18)21-12-4-2-1-3-5-12/h1-5,10-11H,6-9H2,(H,16,18)(H,19,20). The number of halogens is 1. The molecular weight excluding hydrogens is 279 g/mol. The number of amides is 2. The molecule has 0 bridgehead atoms. The molecule has 1 aliphatic heterocycles. The molecule has 0 radical (unpaired) electrons.